The van der Waals surface area contributed by atoms with Crippen LogP contribution in [0.15, 0.2) is 35.3 Å². The minimum atomic E-state index is 0.376. The highest BCUT2D eigenvalue weighted by molar-refractivity contribution is 5.80. The van der Waals surface area contributed by atoms with Gasteiger partial charge in [0.25, 0.3) is 0 Å². The van der Waals surface area contributed by atoms with Gasteiger partial charge in [-0.3, -0.25) is 4.99 Å². The predicted octanol–water partition coefficient (Wildman–Crippen LogP) is 2.87. The number of hydrogen-bond acceptors (Lipinski definition) is 2. The number of nitrogens with one attached hydrogen (secondary N) is 1. The van der Waals surface area contributed by atoms with E-state index in [2.05, 4.69) is 52.5 Å². The summed E-state index contributed by atoms with van der Waals surface area (Å²) >= 11 is 0. The molecule has 2 aliphatic rings. The minimum Gasteiger partial charge on any atom is -0.381 e. The first-order valence-electron chi connectivity index (χ1n) is 8.84. The van der Waals surface area contributed by atoms with Gasteiger partial charge in [-0.1, -0.05) is 37.3 Å². The highest BCUT2D eigenvalue weighted by Crippen LogP contribution is 2.38. The molecule has 2 atom stereocenters. The molecule has 0 saturated carbocycles. The zero-order valence-corrected chi connectivity index (χ0v) is 14.4. The van der Waals surface area contributed by atoms with Crippen LogP contribution in [-0.2, 0) is 4.74 Å². The van der Waals surface area contributed by atoms with Crippen LogP contribution in [-0.4, -0.2) is 50.8 Å². The van der Waals surface area contributed by atoms with E-state index < -0.39 is 0 Å². The third-order valence-electron chi connectivity index (χ3n) is 5.40. The number of hydrogen-bond donors (Lipinski definition) is 1. The lowest BCUT2D eigenvalue weighted by Gasteiger charge is -2.26. The van der Waals surface area contributed by atoms with Crippen molar-refractivity contribution in [3.63, 3.8) is 0 Å². The molecule has 1 N–H and O–H groups in total. The van der Waals surface area contributed by atoms with Gasteiger partial charge in [-0.25, -0.2) is 0 Å². The average Bonchev–Trinajstić information content (AvgIpc) is 3.23. The van der Waals surface area contributed by atoms with E-state index in [9.17, 15) is 0 Å². The van der Waals surface area contributed by atoms with E-state index in [1.807, 2.05) is 7.05 Å². The minimum absolute atomic E-state index is 0.376. The van der Waals surface area contributed by atoms with E-state index in [0.29, 0.717) is 11.3 Å². The Balaban J connectivity index is 1.57. The third kappa shape index (κ3) is 3.69. The molecule has 1 spiro atoms. The number of ether oxygens (including phenoxy) is 1. The molecular weight excluding hydrogens is 286 g/mol. The molecule has 1 aromatic carbocycles. The topological polar surface area (TPSA) is 36.9 Å². The maximum atomic E-state index is 5.63. The molecule has 4 heteroatoms. The second kappa shape index (κ2) is 7.35. The zero-order chi connectivity index (χ0) is 16.1. The molecule has 0 aliphatic carbocycles. The lowest BCUT2D eigenvalue weighted by Crippen LogP contribution is -2.42. The van der Waals surface area contributed by atoms with E-state index in [1.165, 1.54) is 18.4 Å². The number of guanidine groups is 1. The second-order valence-electron chi connectivity index (χ2n) is 6.92. The highest BCUT2D eigenvalue weighted by Gasteiger charge is 2.42. The molecule has 126 valence electrons. The van der Waals surface area contributed by atoms with Crippen molar-refractivity contribution in [3.05, 3.63) is 35.9 Å². The monoisotopic (exact) mass is 315 g/mol. The molecule has 2 unspecified atom stereocenters. The molecule has 2 saturated heterocycles. The molecule has 2 heterocycles. The van der Waals surface area contributed by atoms with Crippen LogP contribution in [0.5, 0.6) is 0 Å². The second-order valence-corrected chi connectivity index (χ2v) is 6.92. The molecule has 2 fully saturated rings. The van der Waals surface area contributed by atoms with Crippen molar-refractivity contribution in [2.45, 2.75) is 32.1 Å². The van der Waals surface area contributed by atoms with Gasteiger partial charge in [-0.2, -0.15) is 0 Å². The van der Waals surface area contributed by atoms with Gasteiger partial charge in [0.05, 0.1) is 6.61 Å². The standard InChI is InChI=1S/C19H29N3O/c1-3-16(17-7-5-4-6-8-17)13-21-18(20-2)22-11-9-19(14-22)10-12-23-15-19/h4-8,16H,3,9-15H2,1-2H3,(H,20,21). The van der Waals surface area contributed by atoms with E-state index >= 15 is 0 Å². The molecule has 0 bridgehead atoms. The van der Waals surface area contributed by atoms with Gasteiger partial charge in [-0.15, -0.1) is 0 Å². The summed E-state index contributed by atoms with van der Waals surface area (Å²) in [7, 11) is 1.89. The fraction of sp³-hybridized carbons (Fsp3) is 0.632. The maximum absolute atomic E-state index is 5.63. The summed E-state index contributed by atoms with van der Waals surface area (Å²) in [6, 6.07) is 10.8. The van der Waals surface area contributed by atoms with Crippen LogP contribution in [0, 0.1) is 5.41 Å². The lowest BCUT2D eigenvalue weighted by atomic mass is 9.87. The molecule has 23 heavy (non-hydrogen) atoms. The van der Waals surface area contributed by atoms with Crippen molar-refractivity contribution in [1.82, 2.24) is 10.2 Å². The highest BCUT2D eigenvalue weighted by atomic mass is 16.5. The van der Waals surface area contributed by atoms with Crippen LogP contribution in [0.1, 0.15) is 37.7 Å². The number of rotatable bonds is 4. The predicted molar refractivity (Wildman–Crippen MR) is 94.9 cm³/mol. The van der Waals surface area contributed by atoms with Crippen molar-refractivity contribution in [2.75, 3.05) is 39.9 Å². The summed E-state index contributed by atoms with van der Waals surface area (Å²) in [5.74, 6) is 1.57. The maximum Gasteiger partial charge on any atom is 0.193 e. The largest absolute Gasteiger partial charge is 0.381 e. The Morgan fingerprint density at radius 1 is 1.35 bits per heavy atom. The first kappa shape index (κ1) is 16.3. The number of benzene rings is 1. The van der Waals surface area contributed by atoms with Gasteiger partial charge in [-0.05, 0) is 24.8 Å². The SMILES string of the molecule is CCC(CNC(=NC)N1CCC2(CCOC2)C1)c1ccccc1. The molecule has 0 aromatic heterocycles. The summed E-state index contributed by atoms with van der Waals surface area (Å²) < 4.78 is 5.63. The molecule has 2 aliphatic heterocycles. The number of nitrogens with zero attached hydrogens (tertiary/aromatic N) is 2. The van der Waals surface area contributed by atoms with Crippen LogP contribution >= 0.6 is 0 Å². The van der Waals surface area contributed by atoms with Crippen molar-refractivity contribution in [3.8, 4) is 0 Å². The van der Waals surface area contributed by atoms with Crippen molar-refractivity contribution >= 4 is 5.96 Å². The van der Waals surface area contributed by atoms with E-state index in [1.54, 1.807) is 0 Å². The summed E-state index contributed by atoms with van der Waals surface area (Å²) in [6.07, 6.45) is 3.55. The summed E-state index contributed by atoms with van der Waals surface area (Å²) in [5.41, 5.74) is 1.78. The Morgan fingerprint density at radius 2 is 2.17 bits per heavy atom. The molecule has 1 aromatic rings. The van der Waals surface area contributed by atoms with E-state index in [-0.39, 0.29) is 0 Å². The quantitative estimate of drug-likeness (QED) is 0.686. The van der Waals surface area contributed by atoms with Crippen molar-refractivity contribution in [2.24, 2.45) is 10.4 Å². The Labute approximate surface area is 139 Å². The molecule has 4 nitrogen and oxygen atoms in total. The Morgan fingerprint density at radius 3 is 2.83 bits per heavy atom. The van der Waals surface area contributed by atoms with Gasteiger partial charge in [0.2, 0.25) is 0 Å². The van der Waals surface area contributed by atoms with Gasteiger partial charge in [0.1, 0.15) is 0 Å². The Bertz CT molecular complexity index is 523. The number of aliphatic imine (C=N–C) groups is 1. The van der Waals surface area contributed by atoms with Gasteiger partial charge >= 0.3 is 0 Å². The van der Waals surface area contributed by atoms with Crippen LogP contribution in [0.25, 0.3) is 0 Å². The van der Waals surface area contributed by atoms with E-state index in [4.69, 9.17) is 4.74 Å². The first-order valence-corrected chi connectivity index (χ1v) is 8.84. The summed E-state index contributed by atoms with van der Waals surface area (Å²) in [4.78, 5) is 6.92. The lowest BCUT2D eigenvalue weighted by molar-refractivity contribution is 0.156. The number of likely N-dealkylation sites (tertiary alicyclic amines) is 1. The van der Waals surface area contributed by atoms with Crippen LogP contribution in [0.3, 0.4) is 0 Å². The van der Waals surface area contributed by atoms with E-state index in [0.717, 1.165) is 45.2 Å². The smallest absolute Gasteiger partial charge is 0.193 e. The van der Waals surface area contributed by atoms with Crippen molar-refractivity contribution < 1.29 is 4.74 Å². The fourth-order valence-electron chi connectivity index (χ4n) is 3.86. The molecular formula is C19H29N3O. The van der Waals surface area contributed by atoms with Crippen molar-refractivity contribution in [1.29, 1.82) is 0 Å². The Kier molecular flexibility index (Phi) is 5.21. The molecule has 0 amide bonds. The zero-order valence-electron chi connectivity index (χ0n) is 14.4. The summed E-state index contributed by atoms with van der Waals surface area (Å²) in [5, 5.41) is 3.60. The average molecular weight is 315 g/mol. The van der Waals surface area contributed by atoms with Gasteiger partial charge in [0, 0.05) is 44.6 Å². The molecule has 3 rings (SSSR count). The molecule has 0 radical (unpaired) electrons. The summed E-state index contributed by atoms with van der Waals surface area (Å²) in [6.45, 7) is 7.20. The Hall–Kier alpha value is -1.55. The third-order valence-corrected chi connectivity index (χ3v) is 5.40. The van der Waals surface area contributed by atoms with Crippen LogP contribution in [0.2, 0.25) is 0 Å². The fourth-order valence-corrected chi connectivity index (χ4v) is 3.86. The van der Waals surface area contributed by atoms with Gasteiger partial charge < -0.3 is 15.0 Å². The normalized spacial score (nSPS) is 26.0. The van der Waals surface area contributed by atoms with Crippen LogP contribution in [0.4, 0.5) is 0 Å². The first-order chi connectivity index (χ1) is 11.3. The van der Waals surface area contributed by atoms with Crippen LogP contribution < -0.4 is 5.32 Å². The van der Waals surface area contributed by atoms with Gasteiger partial charge in [0.15, 0.2) is 5.96 Å².